The number of aliphatic hydroxyl groups excluding tert-OH is 1. The molecular weight excluding hydrogens is 285 g/mol. The van der Waals surface area contributed by atoms with Gasteiger partial charge in [-0.2, -0.15) is 0 Å². The average molecular weight is 303 g/mol. The normalized spacial score (nSPS) is 19.4. The molecule has 1 unspecified atom stereocenters. The molecule has 0 aliphatic carbocycles. The van der Waals surface area contributed by atoms with Crippen LogP contribution < -0.4 is 4.72 Å². The Bertz CT molecular complexity index is 582. The van der Waals surface area contributed by atoms with E-state index in [0.717, 1.165) is 18.9 Å². The quantitative estimate of drug-likeness (QED) is 0.853. The van der Waals surface area contributed by atoms with Crippen molar-refractivity contribution >= 4 is 10.0 Å². The highest BCUT2D eigenvalue weighted by atomic mass is 32.2. The number of rotatable bonds is 5. The van der Waals surface area contributed by atoms with E-state index in [1.807, 2.05) is 0 Å². The zero-order valence-corrected chi connectivity index (χ0v) is 12.0. The van der Waals surface area contributed by atoms with E-state index in [1.54, 1.807) is 0 Å². The third-order valence-corrected chi connectivity index (χ3v) is 4.71. The SMILES string of the molecule is Cc1cc(S(=O)(=O)NCC2CCCO2)cc(CO)c1F. The van der Waals surface area contributed by atoms with Crippen molar-refractivity contribution in [3.05, 3.63) is 29.1 Å². The molecule has 1 saturated heterocycles. The number of halogens is 1. The fourth-order valence-corrected chi connectivity index (χ4v) is 3.37. The molecule has 1 aliphatic heterocycles. The van der Waals surface area contributed by atoms with Gasteiger partial charge in [-0.05, 0) is 37.5 Å². The number of aryl methyl sites for hydroxylation is 1. The van der Waals surface area contributed by atoms with Crippen LogP contribution in [0.3, 0.4) is 0 Å². The van der Waals surface area contributed by atoms with Crippen LogP contribution in [0, 0.1) is 12.7 Å². The number of benzene rings is 1. The van der Waals surface area contributed by atoms with Crippen molar-refractivity contribution in [2.75, 3.05) is 13.2 Å². The molecule has 0 aromatic heterocycles. The van der Waals surface area contributed by atoms with Gasteiger partial charge in [0, 0.05) is 18.7 Å². The number of hydrogen-bond acceptors (Lipinski definition) is 4. The molecule has 1 fully saturated rings. The minimum absolute atomic E-state index is 0.0255. The Labute approximate surface area is 117 Å². The predicted molar refractivity (Wildman–Crippen MR) is 71.2 cm³/mol. The molecule has 2 N–H and O–H groups in total. The van der Waals surface area contributed by atoms with Gasteiger partial charge in [0.2, 0.25) is 10.0 Å². The summed E-state index contributed by atoms with van der Waals surface area (Å²) in [5.41, 5.74) is 0.163. The van der Waals surface area contributed by atoms with Crippen molar-refractivity contribution in [1.82, 2.24) is 4.72 Å². The number of nitrogens with one attached hydrogen (secondary N) is 1. The highest BCUT2D eigenvalue weighted by Gasteiger charge is 2.21. The molecule has 1 heterocycles. The van der Waals surface area contributed by atoms with Gasteiger partial charge in [0.05, 0.1) is 17.6 Å². The van der Waals surface area contributed by atoms with E-state index in [2.05, 4.69) is 4.72 Å². The number of hydrogen-bond donors (Lipinski definition) is 2. The van der Waals surface area contributed by atoms with Crippen LogP contribution in [0.15, 0.2) is 17.0 Å². The van der Waals surface area contributed by atoms with Gasteiger partial charge in [-0.3, -0.25) is 0 Å². The maximum absolute atomic E-state index is 13.6. The van der Waals surface area contributed by atoms with E-state index in [-0.39, 0.29) is 28.7 Å². The van der Waals surface area contributed by atoms with E-state index in [9.17, 15) is 12.8 Å². The molecule has 5 nitrogen and oxygen atoms in total. The van der Waals surface area contributed by atoms with E-state index in [1.165, 1.54) is 13.0 Å². The first-order valence-corrected chi connectivity index (χ1v) is 7.93. The Morgan fingerprint density at radius 1 is 1.50 bits per heavy atom. The number of ether oxygens (including phenoxy) is 1. The third kappa shape index (κ3) is 3.35. The number of sulfonamides is 1. The minimum atomic E-state index is -3.73. The lowest BCUT2D eigenvalue weighted by atomic mass is 10.1. The van der Waals surface area contributed by atoms with Crippen LogP contribution in [-0.4, -0.2) is 32.8 Å². The number of aliphatic hydroxyl groups is 1. The van der Waals surface area contributed by atoms with Crippen LogP contribution in [0.2, 0.25) is 0 Å². The highest BCUT2D eigenvalue weighted by Crippen LogP contribution is 2.20. The summed E-state index contributed by atoms with van der Waals surface area (Å²) in [5, 5.41) is 9.06. The highest BCUT2D eigenvalue weighted by molar-refractivity contribution is 7.89. The molecule has 2 rings (SSSR count). The van der Waals surface area contributed by atoms with Crippen molar-refractivity contribution in [3.63, 3.8) is 0 Å². The van der Waals surface area contributed by atoms with Crippen LogP contribution in [-0.2, 0) is 21.4 Å². The molecule has 0 saturated carbocycles. The molecule has 0 bridgehead atoms. The Kier molecular flexibility index (Phi) is 4.74. The molecule has 112 valence electrons. The summed E-state index contributed by atoms with van der Waals surface area (Å²) >= 11 is 0. The van der Waals surface area contributed by atoms with Crippen molar-refractivity contribution in [2.45, 2.75) is 37.4 Å². The zero-order chi connectivity index (χ0) is 14.8. The summed E-state index contributed by atoms with van der Waals surface area (Å²) in [4.78, 5) is -0.0431. The van der Waals surface area contributed by atoms with Gasteiger partial charge in [0.1, 0.15) is 5.82 Å². The standard InChI is InChI=1S/C13H18FNO4S/c1-9-5-12(6-10(8-16)13(9)14)20(17,18)15-7-11-3-2-4-19-11/h5-6,11,15-16H,2-4,7-8H2,1H3. The average Bonchev–Trinajstić information content (AvgIpc) is 2.92. The first-order valence-electron chi connectivity index (χ1n) is 6.45. The third-order valence-electron chi connectivity index (χ3n) is 3.31. The van der Waals surface area contributed by atoms with Gasteiger partial charge in [-0.15, -0.1) is 0 Å². The Morgan fingerprint density at radius 2 is 2.25 bits per heavy atom. The van der Waals surface area contributed by atoms with Crippen LogP contribution >= 0.6 is 0 Å². The van der Waals surface area contributed by atoms with E-state index < -0.39 is 22.4 Å². The molecular formula is C13H18FNO4S. The first-order chi connectivity index (χ1) is 9.44. The summed E-state index contributed by atoms with van der Waals surface area (Å²) < 4.78 is 45.7. The lowest BCUT2D eigenvalue weighted by Gasteiger charge is -2.13. The van der Waals surface area contributed by atoms with Crippen LogP contribution in [0.4, 0.5) is 4.39 Å². The second kappa shape index (κ2) is 6.17. The second-order valence-corrected chi connectivity index (χ2v) is 6.63. The van der Waals surface area contributed by atoms with Crippen LogP contribution in [0.25, 0.3) is 0 Å². The molecule has 0 radical (unpaired) electrons. The summed E-state index contributed by atoms with van der Waals surface area (Å²) in [6, 6.07) is 2.41. The van der Waals surface area contributed by atoms with Crippen molar-refractivity contribution in [2.24, 2.45) is 0 Å². The molecule has 1 aromatic rings. The molecule has 0 amide bonds. The molecule has 20 heavy (non-hydrogen) atoms. The molecule has 1 aliphatic rings. The van der Waals surface area contributed by atoms with E-state index >= 15 is 0 Å². The molecule has 1 atom stereocenters. The lowest BCUT2D eigenvalue weighted by molar-refractivity contribution is 0.114. The monoisotopic (exact) mass is 303 g/mol. The summed E-state index contributed by atoms with van der Waals surface area (Å²) in [7, 11) is -3.73. The fourth-order valence-electron chi connectivity index (χ4n) is 2.17. The van der Waals surface area contributed by atoms with Crippen LogP contribution in [0.1, 0.15) is 24.0 Å². The predicted octanol–water partition coefficient (Wildman–Crippen LogP) is 1.08. The van der Waals surface area contributed by atoms with Gasteiger partial charge in [0.15, 0.2) is 0 Å². The maximum Gasteiger partial charge on any atom is 0.240 e. The maximum atomic E-state index is 13.6. The Hall–Kier alpha value is -1.02. The zero-order valence-electron chi connectivity index (χ0n) is 11.2. The van der Waals surface area contributed by atoms with E-state index in [0.29, 0.717) is 6.61 Å². The van der Waals surface area contributed by atoms with Crippen molar-refractivity contribution in [1.29, 1.82) is 0 Å². The largest absolute Gasteiger partial charge is 0.392 e. The fraction of sp³-hybridized carbons (Fsp3) is 0.538. The van der Waals surface area contributed by atoms with Crippen molar-refractivity contribution < 1.29 is 22.7 Å². The van der Waals surface area contributed by atoms with Gasteiger partial charge >= 0.3 is 0 Å². The van der Waals surface area contributed by atoms with Gasteiger partial charge in [-0.25, -0.2) is 17.5 Å². The minimum Gasteiger partial charge on any atom is -0.392 e. The van der Waals surface area contributed by atoms with Gasteiger partial charge < -0.3 is 9.84 Å². The topological polar surface area (TPSA) is 75.6 Å². The summed E-state index contributed by atoms with van der Waals surface area (Å²) in [6.45, 7) is 1.78. The molecule has 7 heteroatoms. The van der Waals surface area contributed by atoms with E-state index in [4.69, 9.17) is 9.84 Å². The van der Waals surface area contributed by atoms with Gasteiger partial charge in [-0.1, -0.05) is 0 Å². The molecule has 0 spiro atoms. The lowest BCUT2D eigenvalue weighted by Crippen LogP contribution is -2.32. The smallest absolute Gasteiger partial charge is 0.240 e. The molecule has 1 aromatic carbocycles. The van der Waals surface area contributed by atoms with Crippen molar-refractivity contribution in [3.8, 4) is 0 Å². The Balaban J connectivity index is 2.18. The second-order valence-electron chi connectivity index (χ2n) is 4.86. The Morgan fingerprint density at radius 3 is 2.85 bits per heavy atom. The first kappa shape index (κ1) is 15.4. The van der Waals surface area contributed by atoms with Crippen LogP contribution in [0.5, 0.6) is 0 Å². The summed E-state index contributed by atoms with van der Waals surface area (Å²) in [6.07, 6.45) is 1.65. The summed E-state index contributed by atoms with van der Waals surface area (Å²) in [5.74, 6) is -0.578. The van der Waals surface area contributed by atoms with Gasteiger partial charge in [0.25, 0.3) is 0 Å².